The van der Waals surface area contributed by atoms with E-state index in [1.54, 1.807) is 30.0 Å². The first kappa shape index (κ1) is 17.9. The molecule has 0 atom stereocenters. The number of amides is 2. The van der Waals surface area contributed by atoms with Crippen molar-refractivity contribution in [2.75, 3.05) is 19.6 Å². The zero-order valence-corrected chi connectivity index (χ0v) is 13.4. The van der Waals surface area contributed by atoms with Crippen LogP contribution in [0.4, 0.5) is 8.78 Å². The fourth-order valence-corrected chi connectivity index (χ4v) is 2.56. The van der Waals surface area contributed by atoms with Crippen LogP contribution in [-0.2, 0) is 9.59 Å². The minimum absolute atomic E-state index is 0.00203. The number of hydrogen-bond donors (Lipinski definition) is 1. The average Bonchev–Trinajstić information content (AvgIpc) is 3.07. The highest BCUT2D eigenvalue weighted by atomic mass is 19.3. The van der Waals surface area contributed by atoms with Crippen molar-refractivity contribution in [3.05, 3.63) is 35.9 Å². The van der Waals surface area contributed by atoms with Crippen molar-refractivity contribution in [2.45, 2.75) is 26.4 Å². The van der Waals surface area contributed by atoms with E-state index in [1.165, 1.54) is 12.1 Å². The molecule has 0 aromatic heterocycles. The van der Waals surface area contributed by atoms with E-state index in [-0.39, 0.29) is 18.2 Å². The molecule has 1 aliphatic heterocycles. The van der Waals surface area contributed by atoms with Crippen LogP contribution < -0.4 is 10.1 Å². The molecule has 0 unspecified atom stereocenters. The Labute approximate surface area is 139 Å². The third-order valence-corrected chi connectivity index (χ3v) is 3.75. The molecule has 0 aliphatic carbocycles. The molecular formula is C17H20F2N2O3. The number of alkyl halides is 2. The molecule has 7 heteroatoms. The number of hydrogen-bond acceptors (Lipinski definition) is 3. The third-order valence-electron chi connectivity index (χ3n) is 3.75. The van der Waals surface area contributed by atoms with Gasteiger partial charge in [0, 0.05) is 24.7 Å². The predicted molar refractivity (Wildman–Crippen MR) is 85.5 cm³/mol. The number of ether oxygens (including phenoxy) is 1. The van der Waals surface area contributed by atoms with Gasteiger partial charge in [-0.05, 0) is 31.4 Å². The van der Waals surface area contributed by atoms with Crippen LogP contribution in [-0.4, -0.2) is 43.0 Å². The van der Waals surface area contributed by atoms with E-state index < -0.39 is 12.5 Å². The molecule has 2 rings (SSSR count). The van der Waals surface area contributed by atoms with Crippen molar-refractivity contribution in [2.24, 2.45) is 0 Å². The molecule has 1 aliphatic rings. The highest BCUT2D eigenvalue weighted by molar-refractivity contribution is 5.97. The Morgan fingerprint density at radius 1 is 1.29 bits per heavy atom. The van der Waals surface area contributed by atoms with E-state index >= 15 is 0 Å². The summed E-state index contributed by atoms with van der Waals surface area (Å²) in [6, 6.07) is 6.24. The first-order chi connectivity index (χ1) is 11.5. The van der Waals surface area contributed by atoms with Gasteiger partial charge in [0.05, 0.1) is 6.54 Å². The first-order valence-corrected chi connectivity index (χ1v) is 7.75. The quantitative estimate of drug-likeness (QED) is 0.811. The Bertz CT molecular complexity index is 626. The normalized spacial score (nSPS) is 14.8. The van der Waals surface area contributed by atoms with E-state index in [4.69, 9.17) is 0 Å². The first-order valence-electron chi connectivity index (χ1n) is 7.75. The van der Waals surface area contributed by atoms with E-state index in [2.05, 4.69) is 10.1 Å². The van der Waals surface area contributed by atoms with Crippen molar-refractivity contribution in [3.8, 4) is 5.75 Å². The Balaban J connectivity index is 1.97. The van der Waals surface area contributed by atoms with E-state index in [0.717, 1.165) is 25.9 Å². The largest absolute Gasteiger partial charge is 0.434 e. The highest BCUT2D eigenvalue weighted by Gasteiger charge is 2.18. The van der Waals surface area contributed by atoms with Gasteiger partial charge in [0.15, 0.2) is 0 Å². The number of halogens is 2. The van der Waals surface area contributed by atoms with Crippen molar-refractivity contribution in [1.82, 2.24) is 10.2 Å². The summed E-state index contributed by atoms with van der Waals surface area (Å²) in [7, 11) is 0. The van der Waals surface area contributed by atoms with Crippen LogP contribution in [0.1, 0.15) is 25.3 Å². The second kappa shape index (κ2) is 8.42. The number of nitrogens with zero attached hydrogens (tertiary/aromatic N) is 1. The number of likely N-dealkylation sites (tertiary alicyclic amines) is 1. The maximum absolute atomic E-state index is 12.4. The fourth-order valence-electron chi connectivity index (χ4n) is 2.56. The zero-order chi connectivity index (χ0) is 17.5. The summed E-state index contributed by atoms with van der Waals surface area (Å²) in [5.41, 5.74) is 0.871. The van der Waals surface area contributed by atoms with Gasteiger partial charge in [-0.2, -0.15) is 8.78 Å². The number of benzene rings is 1. The van der Waals surface area contributed by atoms with Gasteiger partial charge in [0.2, 0.25) is 11.8 Å². The van der Waals surface area contributed by atoms with Gasteiger partial charge in [0.1, 0.15) is 5.75 Å². The smallest absolute Gasteiger partial charge is 0.387 e. The minimum atomic E-state index is -2.94. The summed E-state index contributed by atoms with van der Waals surface area (Å²) < 4.78 is 29.3. The molecule has 1 N–H and O–H groups in total. The fraction of sp³-hybridized carbons (Fsp3) is 0.412. The predicted octanol–water partition coefficient (Wildman–Crippen LogP) is 2.43. The molecule has 5 nitrogen and oxygen atoms in total. The maximum Gasteiger partial charge on any atom is 0.387 e. The minimum Gasteiger partial charge on any atom is -0.434 e. The van der Waals surface area contributed by atoms with Gasteiger partial charge in [0.25, 0.3) is 0 Å². The molecule has 2 amide bonds. The number of para-hydroxylation sites is 1. The standard InChI is InChI=1S/C17H20F2N2O3/c1-12(13-6-2-3-7-14(13)24-17(18)19)10-15(22)20-11-16(23)21-8-4-5-9-21/h2-3,6-7,10,17H,4-5,8-9,11H2,1H3,(H,20,22). The molecule has 1 aromatic carbocycles. The monoisotopic (exact) mass is 338 g/mol. The molecule has 24 heavy (non-hydrogen) atoms. The van der Waals surface area contributed by atoms with Crippen LogP contribution in [0.2, 0.25) is 0 Å². The third kappa shape index (κ3) is 5.04. The lowest BCUT2D eigenvalue weighted by atomic mass is 10.1. The van der Waals surface area contributed by atoms with Crippen LogP contribution >= 0.6 is 0 Å². The molecule has 0 saturated carbocycles. The summed E-state index contributed by atoms with van der Waals surface area (Å²) in [6.45, 7) is 0.0582. The summed E-state index contributed by atoms with van der Waals surface area (Å²) in [5.74, 6) is -0.567. The van der Waals surface area contributed by atoms with Crippen molar-refractivity contribution < 1.29 is 23.1 Å². The molecule has 1 aromatic rings. The lowest BCUT2D eigenvalue weighted by Crippen LogP contribution is -2.38. The maximum atomic E-state index is 12.4. The topological polar surface area (TPSA) is 58.6 Å². The average molecular weight is 338 g/mol. The summed E-state index contributed by atoms with van der Waals surface area (Å²) >= 11 is 0. The molecule has 1 fully saturated rings. The van der Waals surface area contributed by atoms with Gasteiger partial charge in [-0.15, -0.1) is 0 Å². The summed E-state index contributed by atoms with van der Waals surface area (Å²) in [6.07, 6.45) is 3.24. The number of carbonyl (C=O) groups is 2. The number of nitrogens with one attached hydrogen (secondary N) is 1. The van der Waals surface area contributed by atoms with Gasteiger partial charge in [-0.1, -0.05) is 18.2 Å². The van der Waals surface area contributed by atoms with Gasteiger partial charge >= 0.3 is 6.61 Å². The second-order valence-corrected chi connectivity index (χ2v) is 5.51. The number of rotatable bonds is 6. The molecule has 1 heterocycles. The lowest BCUT2D eigenvalue weighted by molar-refractivity contribution is -0.131. The van der Waals surface area contributed by atoms with Gasteiger partial charge in [-0.3, -0.25) is 9.59 Å². The van der Waals surface area contributed by atoms with Crippen LogP contribution in [0.5, 0.6) is 5.75 Å². The van der Waals surface area contributed by atoms with E-state index in [9.17, 15) is 18.4 Å². The molecule has 0 spiro atoms. The van der Waals surface area contributed by atoms with Crippen molar-refractivity contribution >= 4 is 17.4 Å². The van der Waals surface area contributed by atoms with Crippen LogP contribution in [0.25, 0.3) is 5.57 Å². The van der Waals surface area contributed by atoms with Crippen LogP contribution in [0.15, 0.2) is 30.3 Å². The SMILES string of the molecule is CC(=CC(=O)NCC(=O)N1CCCC1)c1ccccc1OC(F)F. The lowest BCUT2D eigenvalue weighted by Gasteiger charge is -2.15. The Kier molecular flexibility index (Phi) is 6.28. The zero-order valence-electron chi connectivity index (χ0n) is 13.4. The Hall–Kier alpha value is -2.44. The van der Waals surface area contributed by atoms with Crippen molar-refractivity contribution in [1.29, 1.82) is 0 Å². The number of carbonyl (C=O) groups excluding carboxylic acids is 2. The van der Waals surface area contributed by atoms with Crippen LogP contribution in [0.3, 0.4) is 0 Å². The molecule has 0 radical (unpaired) electrons. The molecule has 1 saturated heterocycles. The van der Waals surface area contributed by atoms with E-state index in [1.807, 2.05) is 0 Å². The van der Waals surface area contributed by atoms with E-state index in [0.29, 0.717) is 11.1 Å². The van der Waals surface area contributed by atoms with Crippen molar-refractivity contribution in [3.63, 3.8) is 0 Å². The van der Waals surface area contributed by atoms with Gasteiger partial charge in [-0.25, -0.2) is 0 Å². The summed E-state index contributed by atoms with van der Waals surface area (Å²) in [5, 5.41) is 2.52. The summed E-state index contributed by atoms with van der Waals surface area (Å²) in [4.78, 5) is 25.5. The van der Waals surface area contributed by atoms with Crippen LogP contribution in [0, 0.1) is 0 Å². The molecular weight excluding hydrogens is 318 g/mol. The molecule has 130 valence electrons. The molecule has 0 bridgehead atoms. The van der Waals surface area contributed by atoms with Gasteiger partial charge < -0.3 is 15.0 Å². The Morgan fingerprint density at radius 2 is 1.96 bits per heavy atom. The number of allylic oxidation sites excluding steroid dienone is 1. The second-order valence-electron chi connectivity index (χ2n) is 5.51. The highest BCUT2D eigenvalue weighted by Crippen LogP contribution is 2.26. The Morgan fingerprint density at radius 3 is 2.62 bits per heavy atom.